The van der Waals surface area contributed by atoms with Gasteiger partial charge in [-0.3, -0.25) is 4.72 Å². The second-order valence-electron chi connectivity index (χ2n) is 4.11. The van der Waals surface area contributed by atoms with Crippen molar-refractivity contribution in [2.24, 2.45) is 0 Å². The number of benzene rings is 1. The zero-order valence-electron chi connectivity index (χ0n) is 10.5. The molecule has 0 saturated heterocycles. The van der Waals surface area contributed by atoms with Crippen LogP contribution in [0.15, 0.2) is 35.7 Å². The lowest BCUT2D eigenvalue weighted by Crippen LogP contribution is -2.16. The molecule has 0 aliphatic rings. The predicted molar refractivity (Wildman–Crippen MR) is 73.0 cm³/mol. The van der Waals surface area contributed by atoms with Crippen molar-refractivity contribution in [2.75, 3.05) is 4.72 Å². The van der Waals surface area contributed by atoms with E-state index in [0.29, 0.717) is 0 Å². The van der Waals surface area contributed by atoms with Crippen LogP contribution in [-0.4, -0.2) is 28.0 Å². The Bertz CT molecular complexity index is 956. The highest BCUT2D eigenvalue weighted by molar-refractivity contribution is 7.92. The molecule has 0 saturated carbocycles. The quantitative estimate of drug-likeness (QED) is 0.782. The van der Waals surface area contributed by atoms with E-state index in [1.165, 1.54) is 12.4 Å². The van der Waals surface area contributed by atoms with Crippen molar-refractivity contribution >= 4 is 33.1 Å². The summed E-state index contributed by atoms with van der Waals surface area (Å²) in [6.45, 7) is 0. The fraction of sp³-hybridized carbons (Fsp3) is 0. The van der Waals surface area contributed by atoms with E-state index in [-0.39, 0.29) is 10.8 Å². The van der Waals surface area contributed by atoms with Gasteiger partial charge in [-0.2, -0.15) is 13.4 Å². The second kappa shape index (κ2) is 5.14. The first-order chi connectivity index (χ1) is 10.4. The van der Waals surface area contributed by atoms with E-state index in [1.807, 2.05) is 0 Å². The van der Waals surface area contributed by atoms with E-state index in [4.69, 9.17) is 11.6 Å². The zero-order valence-corrected chi connectivity index (χ0v) is 12.1. The fourth-order valence-corrected chi connectivity index (χ4v) is 2.72. The van der Waals surface area contributed by atoms with Crippen molar-refractivity contribution in [1.29, 1.82) is 0 Å². The summed E-state index contributed by atoms with van der Waals surface area (Å²) < 4.78 is 54.1. The molecule has 0 radical (unpaired) electrons. The summed E-state index contributed by atoms with van der Waals surface area (Å²) in [6.07, 6.45) is 2.55. The Kier molecular flexibility index (Phi) is 3.41. The monoisotopic (exact) mass is 345 g/mol. The molecule has 0 unspecified atom stereocenters. The average molecular weight is 346 g/mol. The molecule has 0 spiro atoms. The molecule has 22 heavy (non-hydrogen) atoms. The highest BCUT2D eigenvalue weighted by Crippen LogP contribution is 2.21. The number of anilines is 1. The highest BCUT2D eigenvalue weighted by atomic mass is 35.5. The van der Waals surface area contributed by atoms with E-state index in [0.717, 1.165) is 22.7 Å². The fourth-order valence-electron chi connectivity index (χ4n) is 1.63. The van der Waals surface area contributed by atoms with Crippen LogP contribution >= 0.6 is 11.6 Å². The van der Waals surface area contributed by atoms with Crippen molar-refractivity contribution in [3.63, 3.8) is 0 Å². The average Bonchev–Trinajstić information content (AvgIpc) is 2.87. The van der Waals surface area contributed by atoms with Gasteiger partial charge in [0, 0.05) is 0 Å². The van der Waals surface area contributed by atoms with Gasteiger partial charge in [0.25, 0.3) is 21.0 Å². The zero-order chi connectivity index (χ0) is 15.9. The number of halogens is 3. The Hall–Kier alpha value is -2.33. The number of rotatable bonds is 3. The van der Waals surface area contributed by atoms with Crippen LogP contribution in [0.3, 0.4) is 0 Å². The maximum atomic E-state index is 13.5. The Balaban J connectivity index is 2.05. The van der Waals surface area contributed by atoms with Gasteiger partial charge in [0.1, 0.15) is 17.3 Å². The first kappa shape index (κ1) is 14.6. The minimum atomic E-state index is -4.39. The molecule has 0 aliphatic heterocycles. The third-order valence-corrected chi connectivity index (χ3v) is 3.90. The van der Waals surface area contributed by atoms with Crippen LogP contribution in [0.2, 0.25) is 5.02 Å². The molecule has 7 nitrogen and oxygen atoms in total. The Morgan fingerprint density at radius 1 is 1.23 bits per heavy atom. The number of aromatic nitrogens is 4. The van der Waals surface area contributed by atoms with Crippen LogP contribution in [0.1, 0.15) is 0 Å². The van der Waals surface area contributed by atoms with Crippen molar-refractivity contribution in [1.82, 2.24) is 19.6 Å². The Labute approximate surface area is 127 Å². The first-order valence-electron chi connectivity index (χ1n) is 5.71. The topological polar surface area (TPSA) is 89.2 Å². The number of nitrogens with zero attached hydrogens (tertiary/aromatic N) is 4. The van der Waals surface area contributed by atoms with Crippen LogP contribution in [0, 0.1) is 11.6 Å². The molecule has 0 fully saturated rings. The summed E-state index contributed by atoms with van der Waals surface area (Å²) in [6, 6.07) is 2.94. The third-order valence-electron chi connectivity index (χ3n) is 2.58. The van der Waals surface area contributed by atoms with E-state index in [1.54, 1.807) is 4.72 Å². The van der Waals surface area contributed by atoms with Gasteiger partial charge in [0.15, 0.2) is 0 Å². The van der Waals surface area contributed by atoms with Gasteiger partial charge in [-0.1, -0.05) is 17.7 Å². The highest BCUT2D eigenvalue weighted by Gasteiger charge is 2.24. The minimum absolute atomic E-state index is 0.0289. The molecule has 0 amide bonds. The van der Waals surface area contributed by atoms with Gasteiger partial charge in [-0.25, -0.2) is 18.3 Å². The maximum Gasteiger partial charge on any atom is 0.299 e. The molecule has 3 aromatic rings. The van der Waals surface area contributed by atoms with E-state index in [9.17, 15) is 17.2 Å². The largest absolute Gasteiger partial charge is 0.299 e. The predicted octanol–water partition coefficient (Wildman–Crippen LogP) is 1.86. The molecule has 0 aliphatic carbocycles. The normalized spacial score (nSPS) is 11.8. The standard InChI is InChI=1S/C11H6ClF2N5O2S/c12-6-4-15-10-16-11(17-19(10)5-6)22(20,21)18-9-7(13)2-1-3-8(9)14/h1-5,18H. The molecule has 1 N–H and O–H groups in total. The molecule has 2 heterocycles. The summed E-state index contributed by atoms with van der Waals surface area (Å²) in [5, 5.41) is 3.19. The van der Waals surface area contributed by atoms with E-state index in [2.05, 4.69) is 15.1 Å². The molecule has 0 atom stereocenters. The maximum absolute atomic E-state index is 13.5. The first-order valence-corrected chi connectivity index (χ1v) is 7.58. The third kappa shape index (κ3) is 2.57. The van der Waals surface area contributed by atoms with Gasteiger partial charge in [-0.15, -0.1) is 5.10 Å². The molecule has 114 valence electrons. The number of hydrogen-bond acceptors (Lipinski definition) is 5. The summed E-state index contributed by atoms with van der Waals surface area (Å²) in [5.41, 5.74) is -0.813. The smallest absolute Gasteiger partial charge is 0.271 e. The number of fused-ring (bicyclic) bond motifs is 1. The van der Waals surface area contributed by atoms with Gasteiger partial charge in [-0.05, 0) is 12.1 Å². The van der Waals surface area contributed by atoms with Crippen LogP contribution in [0.25, 0.3) is 5.78 Å². The lowest BCUT2D eigenvalue weighted by Gasteiger charge is -2.06. The summed E-state index contributed by atoms with van der Waals surface area (Å²) in [7, 11) is -4.39. The number of hydrogen-bond donors (Lipinski definition) is 1. The lowest BCUT2D eigenvalue weighted by molar-refractivity contribution is 0.579. The summed E-state index contributed by atoms with van der Waals surface area (Å²) in [5.74, 6) is -2.15. The molecule has 3 rings (SSSR count). The molecule has 0 bridgehead atoms. The van der Waals surface area contributed by atoms with Gasteiger partial charge in [0.05, 0.1) is 17.4 Å². The summed E-state index contributed by atoms with van der Waals surface area (Å²) in [4.78, 5) is 7.44. The van der Waals surface area contributed by atoms with Crippen molar-refractivity contribution in [3.05, 3.63) is 47.2 Å². The number of sulfonamides is 1. The van der Waals surface area contributed by atoms with Crippen LogP contribution < -0.4 is 4.72 Å². The van der Waals surface area contributed by atoms with Gasteiger partial charge in [0.2, 0.25) is 0 Å². The number of para-hydroxylation sites is 1. The van der Waals surface area contributed by atoms with Crippen LogP contribution in [0.5, 0.6) is 0 Å². The molecule has 11 heteroatoms. The van der Waals surface area contributed by atoms with Gasteiger partial charge < -0.3 is 0 Å². The second-order valence-corrected chi connectivity index (χ2v) is 6.13. The van der Waals surface area contributed by atoms with Crippen molar-refractivity contribution < 1.29 is 17.2 Å². The molecular weight excluding hydrogens is 340 g/mol. The number of nitrogens with one attached hydrogen (secondary N) is 1. The van der Waals surface area contributed by atoms with Crippen molar-refractivity contribution in [3.8, 4) is 0 Å². The summed E-state index contributed by atoms with van der Waals surface area (Å²) >= 11 is 5.70. The van der Waals surface area contributed by atoms with E-state index >= 15 is 0 Å². The Morgan fingerprint density at radius 2 is 1.91 bits per heavy atom. The Morgan fingerprint density at radius 3 is 2.59 bits per heavy atom. The molecule has 2 aromatic heterocycles. The van der Waals surface area contributed by atoms with Crippen molar-refractivity contribution in [2.45, 2.75) is 5.16 Å². The SMILES string of the molecule is O=S(=O)(Nc1c(F)cccc1F)c1nc2ncc(Cl)cn2n1. The van der Waals surface area contributed by atoms with Gasteiger partial charge >= 0.3 is 0 Å². The minimum Gasteiger partial charge on any atom is -0.271 e. The van der Waals surface area contributed by atoms with E-state index < -0.39 is 32.5 Å². The molecule has 1 aromatic carbocycles. The molecular formula is C11H6ClF2N5O2S. The lowest BCUT2D eigenvalue weighted by atomic mass is 10.3. The van der Waals surface area contributed by atoms with Crippen LogP contribution in [0.4, 0.5) is 14.5 Å². The van der Waals surface area contributed by atoms with Crippen LogP contribution in [-0.2, 0) is 10.0 Å².